The van der Waals surface area contributed by atoms with Crippen LogP contribution in [0.5, 0.6) is 11.5 Å². The van der Waals surface area contributed by atoms with Gasteiger partial charge in [0.2, 0.25) is 0 Å². The molecule has 0 saturated heterocycles. The first-order valence-corrected chi connectivity index (χ1v) is 10.2. The van der Waals surface area contributed by atoms with Crippen molar-refractivity contribution in [1.82, 2.24) is 0 Å². The van der Waals surface area contributed by atoms with Crippen LogP contribution in [0.3, 0.4) is 0 Å². The fourth-order valence-electron chi connectivity index (χ4n) is 2.70. The van der Waals surface area contributed by atoms with Crippen LogP contribution >= 0.6 is 11.8 Å². The molecule has 2 rings (SSSR count). The molecule has 0 aliphatic rings. The van der Waals surface area contributed by atoms with E-state index in [9.17, 15) is 15.0 Å². The van der Waals surface area contributed by atoms with Crippen LogP contribution in [0.1, 0.15) is 40.0 Å². The van der Waals surface area contributed by atoms with Crippen LogP contribution in [0, 0.1) is 5.92 Å². The molecule has 0 heterocycles. The van der Waals surface area contributed by atoms with Gasteiger partial charge in [-0.2, -0.15) is 0 Å². The van der Waals surface area contributed by atoms with E-state index in [1.165, 1.54) is 29.5 Å². The number of hydrogen-bond acceptors (Lipinski definition) is 5. The molecule has 0 radical (unpaired) electrons. The van der Waals surface area contributed by atoms with Crippen molar-refractivity contribution >= 4 is 28.5 Å². The third-order valence-electron chi connectivity index (χ3n) is 4.35. The minimum atomic E-state index is -0.217. The Hall–Kier alpha value is -2.14. The van der Waals surface area contributed by atoms with Crippen molar-refractivity contribution in [3.05, 3.63) is 42.0 Å². The Morgan fingerprint density at radius 3 is 2.52 bits per heavy atom. The van der Waals surface area contributed by atoms with Gasteiger partial charge < -0.3 is 14.9 Å². The van der Waals surface area contributed by atoms with E-state index in [0.29, 0.717) is 12.5 Å². The molecule has 5 heteroatoms. The van der Waals surface area contributed by atoms with Crippen molar-refractivity contribution in [3.8, 4) is 11.5 Å². The lowest BCUT2D eigenvalue weighted by molar-refractivity contribution is -0.140. The molecule has 146 valence electrons. The largest absolute Gasteiger partial charge is 0.504 e. The molecule has 0 fully saturated rings. The highest BCUT2D eigenvalue weighted by atomic mass is 32.2. The zero-order valence-electron chi connectivity index (χ0n) is 16.2. The zero-order valence-corrected chi connectivity index (χ0v) is 17.0. The van der Waals surface area contributed by atoms with Gasteiger partial charge in [-0.15, -0.1) is 11.8 Å². The fraction of sp³-hybridized carbons (Fsp3) is 0.409. The van der Waals surface area contributed by atoms with Crippen molar-refractivity contribution in [3.63, 3.8) is 0 Å². The van der Waals surface area contributed by atoms with E-state index in [1.807, 2.05) is 18.2 Å². The number of esters is 1. The van der Waals surface area contributed by atoms with Gasteiger partial charge >= 0.3 is 5.97 Å². The summed E-state index contributed by atoms with van der Waals surface area (Å²) in [5.74, 6) is 0.280. The molecular formula is C22H28O4S. The average Bonchev–Trinajstić information content (AvgIpc) is 2.60. The van der Waals surface area contributed by atoms with Crippen LogP contribution in [-0.4, -0.2) is 28.5 Å². The second kappa shape index (κ2) is 10.3. The van der Waals surface area contributed by atoms with Crippen LogP contribution in [0.15, 0.2) is 46.9 Å². The van der Waals surface area contributed by atoms with Crippen molar-refractivity contribution in [1.29, 1.82) is 0 Å². The van der Waals surface area contributed by atoms with Gasteiger partial charge in [0.25, 0.3) is 0 Å². The highest BCUT2D eigenvalue weighted by molar-refractivity contribution is 8.00. The SMILES string of the molecule is CC(C)=CCCC(C)CCOC(=O)CSc1ccc2cc(O)c(O)cc2c1. The van der Waals surface area contributed by atoms with Gasteiger partial charge in [0.05, 0.1) is 12.4 Å². The summed E-state index contributed by atoms with van der Waals surface area (Å²) in [4.78, 5) is 12.9. The summed E-state index contributed by atoms with van der Waals surface area (Å²) in [6, 6.07) is 8.67. The minimum absolute atomic E-state index is 0.137. The summed E-state index contributed by atoms with van der Waals surface area (Å²) in [5.41, 5.74) is 1.34. The highest BCUT2D eigenvalue weighted by Gasteiger charge is 2.08. The van der Waals surface area contributed by atoms with Crippen molar-refractivity contribution < 1.29 is 19.7 Å². The molecule has 0 amide bonds. The summed E-state index contributed by atoms with van der Waals surface area (Å²) in [6.45, 7) is 6.85. The smallest absolute Gasteiger partial charge is 0.316 e. The number of fused-ring (bicyclic) bond motifs is 1. The normalized spacial score (nSPS) is 12.0. The maximum atomic E-state index is 11.9. The first-order chi connectivity index (χ1) is 12.8. The van der Waals surface area contributed by atoms with E-state index in [-0.39, 0.29) is 23.2 Å². The minimum Gasteiger partial charge on any atom is -0.504 e. The number of hydrogen-bond donors (Lipinski definition) is 2. The number of allylic oxidation sites excluding steroid dienone is 2. The number of phenolic OH excluding ortho intramolecular Hbond substituents is 2. The molecule has 1 unspecified atom stereocenters. The molecule has 0 aliphatic heterocycles. The second-order valence-corrected chi connectivity index (χ2v) is 8.16. The van der Waals surface area contributed by atoms with E-state index in [1.54, 1.807) is 0 Å². The molecule has 2 N–H and O–H groups in total. The van der Waals surface area contributed by atoms with Gasteiger partial charge in [-0.3, -0.25) is 4.79 Å². The number of aromatic hydroxyl groups is 2. The van der Waals surface area contributed by atoms with Crippen LogP contribution < -0.4 is 0 Å². The molecule has 1 atom stereocenters. The van der Waals surface area contributed by atoms with E-state index in [4.69, 9.17) is 4.74 Å². The predicted molar refractivity (Wildman–Crippen MR) is 111 cm³/mol. The molecule has 27 heavy (non-hydrogen) atoms. The Kier molecular flexibility index (Phi) is 8.04. The number of carbonyl (C=O) groups excluding carboxylic acids is 1. The summed E-state index contributed by atoms with van der Waals surface area (Å²) < 4.78 is 5.34. The Balaban J connectivity index is 1.74. The molecule has 0 spiro atoms. The molecule has 0 bridgehead atoms. The summed E-state index contributed by atoms with van der Waals surface area (Å²) in [5, 5.41) is 20.8. The van der Waals surface area contributed by atoms with Crippen molar-refractivity contribution in [2.75, 3.05) is 12.4 Å². The van der Waals surface area contributed by atoms with Crippen LogP contribution in [0.4, 0.5) is 0 Å². The molecule has 0 aliphatic carbocycles. The van der Waals surface area contributed by atoms with E-state index >= 15 is 0 Å². The van der Waals surface area contributed by atoms with Gasteiger partial charge in [-0.1, -0.05) is 24.6 Å². The monoisotopic (exact) mass is 388 g/mol. The molecule has 4 nitrogen and oxygen atoms in total. The third-order valence-corrected chi connectivity index (χ3v) is 5.31. The van der Waals surface area contributed by atoms with Gasteiger partial charge in [0.15, 0.2) is 11.5 Å². The highest BCUT2D eigenvalue weighted by Crippen LogP contribution is 2.32. The lowest BCUT2D eigenvalue weighted by atomic mass is 10.0. The zero-order chi connectivity index (χ0) is 19.8. The maximum absolute atomic E-state index is 11.9. The van der Waals surface area contributed by atoms with E-state index < -0.39 is 0 Å². The number of phenols is 2. The second-order valence-electron chi connectivity index (χ2n) is 7.11. The average molecular weight is 389 g/mol. The van der Waals surface area contributed by atoms with Gasteiger partial charge in [0, 0.05) is 4.90 Å². The summed E-state index contributed by atoms with van der Waals surface area (Å²) in [7, 11) is 0. The number of ether oxygens (including phenoxy) is 1. The quantitative estimate of drug-likeness (QED) is 0.251. The Morgan fingerprint density at radius 2 is 1.81 bits per heavy atom. The lowest BCUT2D eigenvalue weighted by Crippen LogP contribution is -2.10. The Labute approximate surface area is 165 Å². The van der Waals surface area contributed by atoms with Crippen LogP contribution in [-0.2, 0) is 9.53 Å². The predicted octanol–water partition coefficient (Wildman–Crippen LogP) is 5.66. The standard InChI is InChI=1S/C22H28O4S/c1-15(2)5-4-6-16(3)9-10-26-22(25)14-27-19-8-7-17-12-20(23)21(24)13-18(17)11-19/h5,7-8,11-13,16,23-24H,4,6,9-10,14H2,1-3H3. The number of rotatable bonds is 9. The molecule has 0 saturated carbocycles. The molecule has 2 aromatic rings. The van der Waals surface area contributed by atoms with Crippen molar-refractivity contribution in [2.24, 2.45) is 5.92 Å². The number of thioether (sulfide) groups is 1. The van der Waals surface area contributed by atoms with Crippen molar-refractivity contribution in [2.45, 2.75) is 44.9 Å². The molecule has 0 aromatic heterocycles. The molecular weight excluding hydrogens is 360 g/mol. The molecule has 2 aromatic carbocycles. The Bertz CT molecular complexity index is 809. The topological polar surface area (TPSA) is 66.8 Å². The summed E-state index contributed by atoms with van der Waals surface area (Å²) in [6.07, 6.45) is 5.30. The Morgan fingerprint density at radius 1 is 1.11 bits per heavy atom. The fourth-order valence-corrected chi connectivity index (χ4v) is 3.44. The number of benzene rings is 2. The number of carbonyl (C=O) groups is 1. The lowest BCUT2D eigenvalue weighted by Gasteiger charge is -2.11. The first kappa shape index (κ1) is 21.2. The maximum Gasteiger partial charge on any atom is 0.316 e. The van der Waals surface area contributed by atoms with E-state index in [2.05, 4.69) is 26.8 Å². The van der Waals surface area contributed by atoms with Crippen LogP contribution in [0.25, 0.3) is 10.8 Å². The van der Waals surface area contributed by atoms with Gasteiger partial charge in [-0.05, 0) is 74.1 Å². The van der Waals surface area contributed by atoms with Gasteiger partial charge in [0.1, 0.15) is 0 Å². The third kappa shape index (κ3) is 7.18. The first-order valence-electron chi connectivity index (χ1n) is 9.22. The summed E-state index contributed by atoms with van der Waals surface area (Å²) >= 11 is 1.40. The van der Waals surface area contributed by atoms with E-state index in [0.717, 1.165) is 34.9 Å². The van der Waals surface area contributed by atoms with Gasteiger partial charge in [-0.25, -0.2) is 0 Å². The van der Waals surface area contributed by atoms with Crippen LogP contribution in [0.2, 0.25) is 0 Å².